The van der Waals surface area contributed by atoms with E-state index in [0.29, 0.717) is 5.69 Å². The fraction of sp³-hybridized carbons (Fsp3) is 0.545. The molecule has 0 fully saturated rings. The van der Waals surface area contributed by atoms with Crippen molar-refractivity contribution in [1.82, 2.24) is 5.16 Å². The zero-order valence-corrected chi connectivity index (χ0v) is 10.1. The molecule has 94 valence electrons. The molecule has 0 aliphatic rings. The van der Waals surface area contributed by atoms with Crippen molar-refractivity contribution < 1.29 is 18.8 Å². The number of hydrogen-bond donors (Lipinski definition) is 1. The quantitative estimate of drug-likeness (QED) is 0.810. The molecule has 0 aromatic carbocycles. The lowest BCUT2D eigenvalue weighted by atomic mass is 10.2. The summed E-state index contributed by atoms with van der Waals surface area (Å²) in [6.45, 7) is 5.34. The van der Waals surface area contributed by atoms with E-state index >= 15 is 0 Å². The first-order valence-electron chi connectivity index (χ1n) is 5.28. The van der Waals surface area contributed by atoms with Crippen LogP contribution in [0.25, 0.3) is 0 Å². The Morgan fingerprint density at radius 2 is 2.12 bits per heavy atom. The minimum Gasteiger partial charge on any atom is -0.460 e. The summed E-state index contributed by atoms with van der Waals surface area (Å²) in [4.78, 5) is 22.7. The fourth-order valence-electron chi connectivity index (χ4n) is 1.10. The van der Waals surface area contributed by atoms with Crippen LogP contribution in [0.15, 0.2) is 17.0 Å². The zero-order valence-electron chi connectivity index (χ0n) is 10.1. The number of nitrogens with zero attached hydrogens (tertiary/aromatic N) is 1. The van der Waals surface area contributed by atoms with E-state index < -0.39 is 11.6 Å². The predicted octanol–water partition coefficient (Wildman–Crippen LogP) is 1.73. The molecule has 0 spiro atoms. The molecule has 17 heavy (non-hydrogen) atoms. The van der Waals surface area contributed by atoms with E-state index in [1.165, 1.54) is 12.5 Å². The maximum atomic E-state index is 11.4. The summed E-state index contributed by atoms with van der Waals surface area (Å²) >= 11 is 0. The molecule has 0 aliphatic carbocycles. The Morgan fingerprint density at radius 3 is 2.65 bits per heavy atom. The number of carbonyl (C=O) groups is 2. The summed E-state index contributed by atoms with van der Waals surface area (Å²) in [5.74, 6) is -0.669. The van der Waals surface area contributed by atoms with Gasteiger partial charge < -0.3 is 14.6 Å². The third-order valence-electron chi connectivity index (χ3n) is 1.69. The Kier molecular flexibility index (Phi) is 4.25. The normalized spacial score (nSPS) is 11.0. The molecule has 0 aliphatic heterocycles. The number of anilines is 1. The van der Waals surface area contributed by atoms with Crippen molar-refractivity contribution in [3.8, 4) is 0 Å². The number of hydrogen-bond acceptors (Lipinski definition) is 5. The molecule has 1 rings (SSSR count). The second-order valence-corrected chi connectivity index (χ2v) is 4.55. The molecule has 0 saturated carbocycles. The van der Waals surface area contributed by atoms with Gasteiger partial charge >= 0.3 is 5.97 Å². The first-order chi connectivity index (χ1) is 7.87. The molecule has 1 heterocycles. The van der Waals surface area contributed by atoms with Crippen molar-refractivity contribution in [1.29, 1.82) is 0 Å². The van der Waals surface area contributed by atoms with E-state index in [1.54, 1.807) is 20.8 Å². The lowest BCUT2D eigenvalue weighted by Crippen LogP contribution is -2.24. The Morgan fingerprint density at radius 1 is 1.41 bits per heavy atom. The average molecular weight is 240 g/mol. The number of carbonyl (C=O) groups excluding carboxylic acids is 2. The molecule has 6 nitrogen and oxygen atoms in total. The van der Waals surface area contributed by atoms with E-state index in [2.05, 4.69) is 15.0 Å². The van der Waals surface area contributed by atoms with Gasteiger partial charge in [-0.2, -0.15) is 0 Å². The minimum absolute atomic E-state index is 0.0500. The van der Waals surface area contributed by atoms with Crippen molar-refractivity contribution in [2.24, 2.45) is 0 Å². The molecule has 0 atom stereocenters. The van der Waals surface area contributed by atoms with Crippen LogP contribution in [0.1, 0.15) is 33.6 Å². The Hall–Kier alpha value is -1.85. The lowest BCUT2D eigenvalue weighted by molar-refractivity contribution is -0.155. The molecule has 6 heteroatoms. The summed E-state index contributed by atoms with van der Waals surface area (Å²) in [5.41, 5.74) is -0.0543. The van der Waals surface area contributed by atoms with Crippen LogP contribution in [0, 0.1) is 0 Å². The molecule has 1 N–H and O–H groups in total. The maximum Gasteiger partial charge on any atom is 0.306 e. The first-order valence-corrected chi connectivity index (χ1v) is 5.28. The van der Waals surface area contributed by atoms with Crippen LogP contribution >= 0.6 is 0 Å². The van der Waals surface area contributed by atoms with Gasteiger partial charge in [-0.25, -0.2) is 0 Å². The number of esters is 1. The van der Waals surface area contributed by atoms with Crippen molar-refractivity contribution in [3.63, 3.8) is 0 Å². The molecule has 1 amide bonds. The zero-order chi connectivity index (χ0) is 12.9. The molecule has 0 bridgehead atoms. The van der Waals surface area contributed by atoms with Gasteiger partial charge in [0.1, 0.15) is 17.6 Å². The van der Waals surface area contributed by atoms with Gasteiger partial charge in [0.25, 0.3) is 0 Å². The number of rotatable bonds is 4. The van der Waals surface area contributed by atoms with E-state index in [-0.39, 0.29) is 18.7 Å². The molecular weight excluding hydrogens is 224 g/mol. The van der Waals surface area contributed by atoms with Crippen molar-refractivity contribution in [3.05, 3.63) is 12.5 Å². The average Bonchev–Trinajstić information content (AvgIpc) is 2.64. The van der Waals surface area contributed by atoms with Crippen LogP contribution in [0.3, 0.4) is 0 Å². The van der Waals surface area contributed by atoms with Crippen LogP contribution in [-0.4, -0.2) is 22.6 Å². The number of nitrogens with one attached hydrogen (secondary N) is 1. The van der Waals surface area contributed by atoms with E-state index in [9.17, 15) is 9.59 Å². The molecule has 0 saturated heterocycles. The summed E-state index contributed by atoms with van der Waals surface area (Å²) in [5, 5.41) is 5.97. The summed E-state index contributed by atoms with van der Waals surface area (Å²) in [6, 6.07) is 0. The Bertz CT molecular complexity index is 379. The smallest absolute Gasteiger partial charge is 0.306 e. The van der Waals surface area contributed by atoms with E-state index in [1.807, 2.05) is 0 Å². The largest absolute Gasteiger partial charge is 0.460 e. The van der Waals surface area contributed by atoms with Gasteiger partial charge in [-0.3, -0.25) is 9.59 Å². The molecule has 0 radical (unpaired) electrons. The van der Waals surface area contributed by atoms with Crippen LogP contribution in [0.5, 0.6) is 0 Å². The van der Waals surface area contributed by atoms with Gasteiger partial charge in [-0.05, 0) is 20.8 Å². The highest BCUT2D eigenvalue weighted by atomic mass is 16.6. The number of aromatic nitrogens is 1. The minimum atomic E-state index is -0.526. The Balaban J connectivity index is 2.26. The van der Waals surface area contributed by atoms with Crippen LogP contribution < -0.4 is 5.32 Å². The highest BCUT2D eigenvalue weighted by Gasteiger charge is 2.17. The monoisotopic (exact) mass is 240 g/mol. The first kappa shape index (κ1) is 13.2. The SMILES string of the molecule is CC(C)(C)OC(=O)CCC(=O)Nc1cnoc1. The van der Waals surface area contributed by atoms with Gasteiger partial charge in [0.05, 0.1) is 12.6 Å². The van der Waals surface area contributed by atoms with Crippen molar-refractivity contribution in [2.45, 2.75) is 39.2 Å². The van der Waals surface area contributed by atoms with Gasteiger partial charge in [0.15, 0.2) is 0 Å². The fourth-order valence-corrected chi connectivity index (χ4v) is 1.10. The van der Waals surface area contributed by atoms with Gasteiger partial charge in [-0.1, -0.05) is 5.16 Å². The second kappa shape index (κ2) is 5.47. The number of ether oxygens (including phenoxy) is 1. The van der Waals surface area contributed by atoms with E-state index in [4.69, 9.17) is 4.74 Å². The van der Waals surface area contributed by atoms with Crippen LogP contribution in [-0.2, 0) is 14.3 Å². The van der Waals surface area contributed by atoms with Gasteiger partial charge in [0, 0.05) is 6.42 Å². The van der Waals surface area contributed by atoms with Crippen molar-refractivity contribution >= 4 is 17.6 Å². The predicted molar refractivity (Wildman–Crippen MR) is 60.2 cm³/mol. The van der Waals surface area contributed by atoms with Crippen LogP contribution in [0.4, 0.5) is 5.69 Å². The maximum absolute atomic E-state index is 11.4. The summed E-state index contributed by atoms with van der Waals surface area (Å²) < 4.78 is 9.62. The molecule has 0 unspecified atom stereocenters. The second-order valence-electron chi connectivity index (χ2n) is 4.55. The highest BCUT2D eigenvalue weighted by molar-refractivity contribution is 5.92. The topological polar surface area (TPSA) is 81.4 Å². The van der Waals surface area contributed by atoms with Crippen molar-refractivity contribution in [2.75, 3.05) is 5.32 Å². The molecular formula is C11H16N2O4. The van der Waals surface area contributed by atoms with Gasteiger partial charge in [0.2, 0.25) is 5.91 Å². The highest BCUT2D eigenvalue weighted by Crippen LogP contribution is 2.10. The summed E-state index contributed by atoms with van der Waals surface area (Å²) in [6.07, 6.45) is 2.81. The molecule has 1 aromatic rings. The van der Waals surface area contributed by atoms with Gasteiger partial charge in [-0.15, -0.1) is 0 Å². The third kappa shape index (κ3) is 5.70. The summed E-state index contributed by atoms with van der Waals surface area (Å²) in [7, 11) is 0. The standard InChI is InChI=1S/C11H16N2O4/c1-11(2,3)17-10(15)5-4-9(14)13-8-6-12-16-7-8/h6-7H,4-5H2,1-3H3,(H,13,14). The third-order valence-corrected chi connectivity index (χ3v) is 1.69. The Labute approximate surface area is 99.3 Å². The molecule has 1 aromatic heterocycles. The van der Waals surface area contributed by atoms with Crippen LogP contribution in [0.2, 0.25) is 0 Å². The number of amides is 1. The van der Waals surface area contributed by atoms with E-state index in [0.717, 1.165) is 0 Å². The lowest BCUT2D eigenvalue weighted by Gasteiger charge is -2.19.